The number of nitrogens with zero attached hydrogens (tertiary/aromatic N) is 1. The monoisotopic (exact) mass is 198 g/mol. The maximum Gasteiger partial charge on any atom is 0.222 e. The van der Waals surface area contributed by atoms with Crippen molar-refractivity contribution in [3.63, 3.8) is 0 Å². The minimum Gasteiger partial charge on any atom is -0.369 e. The summed E-state index contributed by atoms with van der Waals surface area (Å²) in [6, 6.07) is 0.357. The fourth-order valence-corrected chi connectivity index (χ4v) is 2.54. The van der Waals surface area contributed by atoms with E-state index in [-0.39, 0.29) is 11.8 Å². The number of amides is 1. The Labute approximate surface area is 86.6 Å². The standard InChI is InChI=1S/C11H22N2O/c1-4-8-5-6-10(13(2)3)9(7-8)11(12)14/h8-10H,4-7H2,1-3H3,(H2,12,14). The molecule has 1 aliphatic rings. The molecule has 0 spiro atoms. The molecule has 1 rings (SSSR count). The van der Waals surface area contributed by atoms with E-state index in [1.165, 1.54) is 12.8 Å². The quantitative estimate of drug-likeness (QED) is 0.741. The van der Waals surface area contributed by atoms with E-state index in [9.17, 15) is 4.79 Å². The van der Waals surface area contributed by atoms with Crippen molar-refractivity contribution in [2.45, 2.75) is 38.6 Å². The lowest BCUT2D eigenvalue weighted by molar-refractivity contribution is -0.125. The molecule has 1 amide bonds. The van der Waals surface area contributed by atoms with Gasteiger partial charge in [-0.05, 0) is 39.3 Å². The molecule has 0 aromatic carbocycles. The van der Waals surface area contributed by atoms with Crippen LogP contribution in [0.3, 0.4) is 0 Å². The molecule has 1 fully saturated rings. The number of rotatable bonds is 3. The van der Waals surface area contributed by atoms with Gasteiger partial charge in [0.05, 0.1) is 5.92 Å². The highest BCUT2D eigenvalue weighted by Gasteiger charge is 2.34. The third kappa shape index (κ3) is 2.47. The van der Waals surface area contributed by atoms with E-state index in [4.69, 9.17) is 5.73 Å². The molecule has 3 nitrogen and oxygen atoms in total. The molecule has 1 aliphatic carbocycles. The molecular weight excluding hydrogens is 176 g/mol. The Kier molecular flexibility index (Phi) is 3.93. The van der Waals surface area contributed by atoms with E-state index in [0.717, 1.165) is 12.8 Å². The van der Waals surface area contributed by atoms with Crippen LogP contribution in [0.2, 0.25) is 0 Å². The van der Waals surface area contributed by atoms with Gasteiger partial charge in [-0.2, -0.15) is 0 Å². The zero-order chi connectivity index (χ0) is 10.7. The van der Waals surface area contributed by atoms with E-state index in [0.29, 0.717) is 12.0 Å². The largest absolute Gasteiger partial charge is 0.369 e. The van der Waals surface area contributed by atoms with Gasteiger partial charge in [-0.3, -0.25) is 4.79 Å². The van der Waals surface area contributed by atoms with Crippen molar-refractivity contribution in [3.05, 3.63) is 0 Å². The summed E-state index contributed by atoms with van der Waals surface area (Å²) in [6.45, 7) is 2.19. The van der Waals surface area contributed by atoms with E-state index in [2.05, 4.69) is 11.8 Å². The van der Waals surface area contributed by atoms with Crippen molar-refractivity contribution in [1.82, 2.24) is 4.90 Å². The predicted octanol–water partition coefficient (Wildman–Crippen LogP) is 1.23. The topological polar surface area (TPSA) is 46.3 Å². The minimum atomic E-state index is -0.123. The number of hydrogen-bond acceptors (Lipinski definition) is 2. The molecule has 14 heavy (non-hydrogen) atoms. The van der Waals surface area contributed by atoms with Gasteiger partial charge < -0.3 is 10.6 Å². The second-order valence-corrected chi connectivity index (χ2v) is 4.63. The summed E-state index contributed by atoms with van der Waals surface area (Å²) < 4.78 is 0. The molecule has 0 aromatic heterocycles. The van der Waals surface area contributed by atoms with Gasteiger partial charge in [0.1, 0.15) is 0 Å². The first-order valence-corrected chi connectivity index (χ1v) is 5.52. The van der Waals surface area contributed by atoms with Crippen LogP contribution in [0.4, 0.5) is 0 Å². The van der Waals surface area contributed by atoms with Crippen molar-refractivity contribution >= 4 is 5.91 Å². The third-order valence-corrected chi connectivity index (χ3v) is 3.53. The predicted molar refractivity (Wildman–Crippen MR) is 57.8 cm³/mol. The molecule has 82 valence electrons. The van der Waals surface area contributed by atoms with Crippen LogP contribution in [0, 0.1) is 11.8 Å². The molecule has 0 bridgehead atoms. The number of nitrogens with two attached hydrogens (primary N) is 1. The molecule has 2 N–H and O–H groups in total. The maximum atomic E-state index is 11.3. The summed E-state index contributed by atoms with van der Waals surface area (Å²) in [5, 5.41) is 0. The molecule has 1 saturated carbocycles. The first kappa shape index (κ1) is 11.5. The summed E-state index contributed by atoms with van der Waals surface area (Å²) >= 11 is 0. The summed E-state index contributed by atoms with van der Waals surface area (Å²) in [5.74, 6) is 0.634. The molecule has 3 heteroatoms. The van der Waals surface area contributed by atoms with Crippen molar-refractivity contribution in [1.29, 1.82) is 0 Å². The third-order valence-electron chi connectivity index (χ3n) is 3.53. The number of carbonyl (C=O) groups excluding carboxylic acids is 1. The lowest BCUT2D eigenvalue weighted by Crippen LogP contribution is -2.45. The van der Waals surface area contributed by atoms with Crippen LogP contribution in [0.25, 0.3) is 0 Å². The molecule has 0 saturated heterocycles. The van der Waals surface area contributed by atoms with Crippen LogP contribution in [-0.4, -0.2) is 30.9 Å². The fourth-order valence-electron chi connectivity index (χ4n) is 2.54. The van der Waals surface area contributed by atoms with Gasteiger partial charge in [0.2, 0.25) is 5.91 Å². The summed E-state index contributed by atoms with van der Waals surface area (Å²) in [7, 11) is 4.07. The van der Waals surface area contributed by atoms with E-state index in [1.54, 1.807) is 0 Å². The minimum absolute atomic E-state index is 0.0590. The summed E-state index contributed by atoms with van der Waals surface area (Å²) in [4.78, 5) is 13.5. The van der Waals surface area contributed by atoms with Crippen molar-refractivity contribution < 1.29 is 4.79 Å². The molecule has 3 unspecified atom stereocenters. The smallest absolute Gasteiger partial charge is 0.222 e. The number of primary amides is 1. The van der Waals surface area contributed by atoms with Crippen LogP contribution in [0.1, 0.15) is 32.6 Å². The van der Waals surface area contributed by atoms with Gasteiger partial charge in [0.15, 0.2) is 0 Å². The van der Waals surface area contributed by atoms with Gasteiger partial charge in [0, 0.05) is 6.04 Å². The Morgan fingerprint density at radius 1 is 1.43 bits per heavy atom. The Bertz CT molecular complexity index is 203. The van der Waals surface area contributed by atoms with Crippen molar-refractivity contribution in [3.8, 4) is 0 Å². The summed E-state index contributed by atoms with van der Waals surface area (Å²) in [6.07, 6.45) is 4.50. The maximum absolute atomic E-state index is 11.3. The van der Waals surface area contributed by atoms with Crippen LogP contribution >= 0.6 is 0 Å². The van der Waals surface area contributed by atoms with Crippen LogP contribution in [0.5, 0.6) is 0 Å². The zero-order valence-electron chi connectivity index (χ0n) is 9.49. The number of hydrogen-bond donors (Lipinski definition) is 1. The molecular formula is C11H22N2O. The lowest BCUT2D eigenvalue weighted by atomic mass is 9.76. The highest BCUT2D eigenvalue weighted by atomic mass is 16.1. The van der Waals surface area contributed by atoms with Gasteiger partial charge in [-0.25, -0.2) is 0 Å². The van der Waals surface area contributed by atoms with Crippen LogP contribution in [-0.2, 0) is 4.79 Å². The molecule has 3 atom stereocenters. The highest BCUT2D eigenvalue weighted by Crippen LogP contribution is 2.33. The van der Waals surface area contributed by atoms with E-state index >= 15 is 0 Å². The second-order valence-electron chi connectivity index (χ2n) is 4.63. The van der Waals surface area contributed by atoms with Crippen LogP contribution < -0.4 is 5.73 Å². The van der Waals surface area contributed by atoms with Crippen molar-refractivity contribution in [2.24, 2.45) is 17.6 Å². The van der Waals surface area contributed by atoms with Crippen LogP contribution in [0.15, 0.2) is 0 Å². The average molecular weight is 198 g/mol. The van der Waals surface area contributed by atoms with Gasteiger partial charge in [-0.15, -0.1) is 0 Å². The molecule has 0 radical (unpaired) electrons. The van der Waals surface area contributed by atoms with Gasteiger partial charge in [-0.1, -0.05) is 13.3 Å². The van der Waals surface area contributed by atoms with Crippen molar-refractivity contribution in [2.75, 3.05) is 14.1 Å². The van der Waals surface area contributed by atoms with E-state index in [1.807, 2.05) is 14.1 Å². The molecule has 0 aliphatic heterocycles. The molecule has 0 aromatic rings. The Balaban J connectivity index is 2.65. The lowest BCUT2D eigenvalue weighted by Gasteiger charge is -2.37. The fraction of sp³-hybridized carbons (Fsp3) is 0.909. The Hall–Kier alpha value is -0.570. The highest BCUT2D eigenvalue weighted by molar-refractivity contribution is 5.77. The number of carbonyl (C=O) groups is 1. The SMILES string of the molecule is CCC1CCC(N(C)C)C(C(N)=O)C1. The van der Waals surface area contributed by atoms with Gasteiger partial charge >= 0.3 is 0 Å². The average Bonchev–Trinajstić information content (AvgIpc) is 2.16. The second kappa shape index (κ2) is 4.78. The normalized spacial score (nSPS) is 33.3. The molecule has 0 heterocycles. The Morgan fingerprint density at radius 3 is 2.50 bits per heavy atom. The Morgan fingerprint density at radius 2 is 2.07 bits per heavy atom. The first-order valence-electron chi connectivity index (χ1n) is 5.52. The summed E-state index contributed by atoms with van der Waals surface area (Å²) in [5.41, 5.74) is 5.45. The zero-order valence-corrected chi connectivity index (χ0v) is 9.49. The first-order chi connectivity index (χ1) is 6.56. The van der Waals surface area contributed by atoms with Gasteiger partial charge in [0.25, 0.3) is 0 Å². The van der Waals surface area contributed by atoms with E-state index < -0.39 is 0 Å².